The zero-order valence-corrected chi connectivity index (χ0v) is 10.3. The minimum absolute atomic E-state index is 0.504. The van der Waals surface area contributed by atoms with E-state index >= 15 is 0 Å². The molecular weight excluding hydrogens is 238 g/mol. The summed E-state index contributed by atoms with van der Waals surface area (Å²) in [5, 5.41) is 11.8. The van der Waals surface area contributed by atoms with Crippen molar-refractivity contribution in [3.8, 4) is 0 Å². The van der Waals surface area contributed by atoms with Crippen LogP contribution >= 0.6 is 0 Å². The molecule has 2 heterocycles. The van der Waals surface area contributed by atoms with Crippen molar-refractivity contribution >= 4 is 11.8 Å². The van der Waals surface area contributed by atoms with E-state index in [4.69, 9.17) is 4.74 Å². The van der Waals surface area contributed by atoms with Gasteiger partial charge in [0.15, 0.2) is 0 Å². The normalized spacial score (nSPS) is 19.9. The van der Waals surface area contributed by atoms with E-state index in [1.807, 2.05) is 36.4 Å². The van der Waals surface area contributed by atoms with Gasteiger partial charge in [0.2, 0.25) is 0 Å². The number of ether oxygens (including phenoxy) is 1. The first-order valence-electron chi connectivity index (χ1n) is 6.37. The van der Waals surface area contributed by atoms with Crippen LogP contribution in [0.2, 0.25) is 0 Å². The highest BCUT2D eigenvalue weighted by atomic mass is 16.5. The molecule has 4 rings (SSSR count). The van der Waals surface area contributed by atoms with Crippen molar-refractivity contribution in [2.24, 2.45) is 0 Å². The number of allylic oxidation sites excluding steroid dienone is 4. The topological polar surface area (TPSA) is 32.7 Å². The molecule has 0 saturated heterocycles. The van der Waals surface area contributed by atoms with Gasteiger partial charge in [0.05, 0.1) is 11.4 Å². The lowest BCUT2D eigenvalue weighted by Gasteiger charge is -2.35. The molecule has 0 atom stereocenters. The number of hydrogen-bond donors (Lipinski definition) is 1. The third-order valence-corrected chi connectivity index (χ3v) is 3.68. The van der Waals surface area contributed by atoms with Gasteiger partial charge in [-0.25, -0.2) is 5.06 Å². The molecular formula is C16H13NO2. The van der Waals surface area contributed by atoms with Gasteiger partial charge in [-0.1, -0.05) is 30.4 Å². The molecule has 0 unspecified atom stereocenters. The number of benzene rings is 1. The van der Waals surface area contributed by atoms with Gasteiger partial charge in [-0.2, -0.15) is 0 Å². The fraction of sp³-hybridized carbons (Fsp3) is 0.125. The Morgan fingerprint density at radius 2 is 2.11 bits per heavy atom. The molecule has 0 bridgehead atoms. The van der Waals surface area contributed by atoms with E-state index < -0.39 is 0 Å². The zero-order chi connectivity index (χ0) is 12.8. The number of nitrogens with zero attached hydrogens (tertiary/aromatic N) is 1. The van der Waals surface area contributed by atoms with Crippen LogP contribution in [-0.2, 0) is 4.74 Å². The van der Waals surface area contributed by atoms with E-state index in [9.17, 15) is 5.21 Å². The molecule has 0 amide bonds. The Labute approximate surface area is 111 Å². The predicted octanol–water partition coefficient (Wildman–Crippen LogP) is 3.41. The van der Waals surface area contributed by atoms with Crippen molar-refractivity contribution in [3.63, 3.8) is 0 Å². The molecule has 3 aliphatic rings. The number of para-hydroxylation sites is 1. The van der Waals surface area contributed by atoms with Crippen molar-refractivity contribution in [3.05, 3.63) is 70.7 Å². The Hall–Kier alpha value is -2.26. The average Bonchev–Trinajstić information content (AvgIpc) is 2.47. The third kappa shape index (κ3) is 1.48. The second-order valence-electron chi connectivity index (χ2n) is 4.82. The Morgan fingerprint density at radius 1 is 1.21 bits per heavy atom. The van der Waals surface area contributed by atoms with E-state index in [2.05, 4.69) is 12.2 Å². The van der Waals surface area contributed by atoms with Crippen LogP contribution in [0.1, 0.15) is 12.0 Å². The van der Waals surface area contributed by atoms with E-state index in [1.165, 1.54) is 5.06 Å². The van der Waals surface area contributed by atoms with Crippen LogP contribution < -0.4 is 5.06 Å². The number of fused-ring (bicyclic) bond motifs is 3. The van der Waals surface area contributed by atoms with Crippen molar-refractivity contribution in [2.45, 2.75) is 6.42 Å². The van der Waals surface area contributed by atoms with Gasteiger partial charge in [0.25, 0.3) is 0 Å². The van der Waals surface area contributed by atoms with Gasteiger partial charge in [0, 0.05) is 16.7 Å². The average molecular weight is 251 g/mol. The maximum atomic E-state index is 10.5. The molecule has 1 aliphatic carbocycles. The molecule has 0 radical (unpaired) electrons. The summed E-state index contributed by atoms with van der Waals surface area (Å²) in [7, 11) is 0. The van der Waals surface area contributed by atoms with E-state index in [0.29, 0.717) is 6.61 Å². The second kappa shape index (κ2) is 3.87. The second-order valence-corrected chi connectivity index (χ2v) is 4.82. The highest BCUT2D eigenvalue weighted by molar-refractivity contribution is 5.80. The lowest BCUT2D eigenvalue weighted by molar-refractivity contribution is 0.222. The summed E-state index contributed by atoms with van der Waals surface area (Å²) in [6, 6.07) is 7.83. The number of anilines is 1. The number of hydroxylamine groups is 1. The van der Waals surface area contributed by atoms with Crippen molar-refractivity contribution in [2.75, 3.05) is 11.7 Å². The Balaban J connectivity index is 1.95. The van der Waals surface area contributed by atoms with Crippen LogP contribution in [0.15, 0.2) is 65.1 Å². The quantitative estimate of drug-likeness (QED) is 0.767. The summed E-state index contributed by atoms with van der Waals surface area (Å²) in [5.74, 6) is 0.869. The SMILES string of the molecule is ON1C2=C3CC=CC=C3OCC2=Cc2ccccc21. The first-order chi connectivity index (χ1) is 9.34. The lowest BCUT2D eigenvalue weighted by Crippen LogP contribution is -2.29. The number of hydrogen-bond acceptors (Lipinski definition) is 3. The minimum Gasteiger partial charge on any atom is -0.488 e. The standard InChI is InChI=1S/C16H13NO2/c18-17-14-7-3-1-5-11(14)9-12-10-19-15-8-4-2-6-13(15)16(12)17/h1-5,7-9,18H,6,10H2. The van der Waals surface area contributed by atoms with Crippen molar-refractivity contribution in [1.29, 1.82) is 0 Å². The van der Waals surface area contributed by atoms with Crippen LogP contribution in [0.5, 0.6) is 0 Å². The molecule has 19 heavy (non-hydrogen) atoms. The van der Waals surface area contributed by atoms with E-state index in [-0.39, 0.29) is 0 Å². The van der Waals surface area contributed by atoms with Gasteiger partial charge in [0.1, 0.15) is 12.4 Å². The maximum Gasteiger partial charge on any atom is 0.125 e. The fourth-order valence-corrected chi connectivity index (χ4v) is 2.79. The maximum absolute atomic E-state index is 10.5. The molecule has 94 valence electrons. The first kappa shape index (κ1) is 10.6. The molecule has 1 aromatic rings. The van der Waals surface area contributed by atoms with E-state index in [0.717, 1.165) is 40.3 Å². The molecule has 0 aromatic heterocycles. The molecule has 1 aromatic carbocycles. The summed E-state index contributed by atoms with van der Waals surface area (Å²) in [5.41, 5.74) is 4.80. The van der Waals surface area contributed by atoms with Crippen LogP contribution in [0.25, 0.3) is 6.08 Å². The monoisotopic (exact) mass is 251 g/mol. The van der Waals surface area contributed by atoms with Gasteiger partial charge >= 0.3 is 0 Å². The zero-order valence-electron chi connectivity index (χ0n) is 10.3. The first-order valence-corrected chi connectivity index (χ1v) is 6.37. The number of rotatable bonds is 0. The largest absolute Gasteiger partial charge is 0.488 e. The van der Waals surface area contributed by atoms with Crippen LogP contribution in [0, 0.1) is 0 Å². The Bertz CT molecular complexity index is 680. The van der Waals surface area contributed by atoms with E-state index in [1.54, 1.807) is 0 Å². The predicted molar refractivity (Wildman–Crippen MR) is 73.5 cm³/mol. The molecule has 0 spiro atoms. The van der Waals surface area contributed by atoms with Crippen molar-refractivity contribution < 1.29 is 9.94 Å². The summed E-state index contributed by atoms with van der Waals surface area (Å²) in [4.78, 5) is 0. The highest BCUT2D eigenvalue weighted by Gasteiger charge is 2.30. The van der Waals surface area contributed by atoms with Crippen LogP contribution in [-0.4, -0.2) is 11.8 Å². The van der Waals surface area contributed by atoms with Crippen LogP contribution in [0.3, 0.4) is 0 Å². The third-order valence-electron chi connectivity index (χ3n) is 3.68. The van der Waals surface area contributed by atoms with Gasteiger partial charge in [-0.15, -0.1) is 0 Å². The van der Waals surface area contributed by atoms with Crippen molar-refractivity contribution in [1.82, 2.24) is 0 Å². The van der Waals surface area contributed by atoms with Gasteiger partial charge in [-0.05, 0) is 24.6 Å². The summed E-state index contributed by atoms with van der Waals surface area (Å²) >= 11 is 0. The lowest BCUT2D eigenvalue weighted by atomic mass is 9.92. The summed E-state index contributed by atoms with van der Waals surface area (Å²) in [6.07, 6.45) is 8.91. The molecule has 1 N–H and O–H groups in total. The fourth-order valence-electron chi connectivity index (χ4n) is 2.79. The van der Waals surface area contributed by atoms with Gasteiger partial charge < -0.3 is 4.74 Å². The van der Waals surface area contributed by atoms with Gasteiger partial charge in [-0.3, -0.25) is 5.21 Å². The molecule has 0 saturated carbocycles. The molecule has 3 heteroatoms. The molecule has 2 aliphatic heterocycles. The van der Waals surface area contributed by atoms with Crippen LogP contribution in [0.4, 0.5) is 5.69 Å². The molecule has 3 nitrogen and oxygen atoms in total. The smallest absolute Gasteiger partial charge is 0.125 e. The summed E-state index contributed by atoms with van der Waals surface area (Å²) in [6.45, 7) is 0.504. The molecule has 0 fully saturated rings. The Morgan fingerprint density at radius 3 is 3.05 bits per heavy atom. The minimum atomic E-state index is 0.504. The Kier molecular flexibility index (Phi) is 2.17. The highest BCUT2D eigenvalue weighted by Crippen LogP contribution is 2.41. The summed E-state index contributed by atoms with van der Waals surface area (Å²) < 4.78 is 5.76.